The summed E-state index contributed by atoms with van der Waals surface area (Å²) in [4.78, 5) is 14.3. The highest BCUT2D eigenvalue weighted by atomic mass is 19.2. The van der Waals surface area contributed by atoms with Gasteiger partial charge in [-0.05, 0) is 29.8 Å². The number of anilines is 1. The van der Waals surface area contributed by atoms with E-state index in [1.54, 1.807) is 12.0 Å². The van der Waals surface area contributed by atoms with Crippen molar-refractivity contribution in [3.63, 3.8) is 0 Å². The Morgan fingerprint density at radius 1 is 1.07 bits per heavy atom. The highest BCUT2D eigenvalue weighted by molar-refractivity contribution is 5.89. The number of methoxy groups -OCH3 is 1. The molecule has 0 saturated heterocycles. The molecule has 0 spiro atoms. The van der Waals surface area contributed by atoms with Crippen LogP contribution in [0.3, 0.4) is 0 Å². The average molecular weight is 399 g/mol. The quantitative estimate of drug-likeness (QED) is 0.606. The Morgan fingerprint density at radius 2 is 1.86 bits per heavy atom. The standard InChI is InChI=1S/C22H23F2N3O2/c1-29-13-12-27(22(28)25-18-9-10-20(23)21(24)14-18)16-19-8-5-11-26(19)15-17-6-3-2-4-7-17/h2-11,14H,12-13,15-16H2,1H3,(H,25,28). The molecule has 2 amide bonds. The van der Waals surface area contributed by atoms with Gasteiger partial charge in [0, 0.05) is 43.8 Å². The predicted molar refractivity (Wildman–Crippen MR) is 108 cm³/mol. The minimum atomic E-state index is -1.01. The number of hydrogen-bond acceptors (Lipinski definition) is 2. The maximum Gasteiger partial charge on any atom is 0.322 e. The van der Waals surface area contributed by atoms with Gasteiger partial charge in [-0.2, -0.15) is 0 Å². The van der Waals surface area contributed by atoms with Crippen molar-refractivity contribution >= 4 is 11.7 Å². The van der Waals surface area contributed by atoms with Crippen molar-refractivity contribution in [3.8, 4) is 0 Å². The van der Waals surface area contributed by atoms with Crippen LogP contribution in [0.5, 0.6) is 0 Å². The first-order chi connectivity index (χ1) is 14.1. The molecule has 0 atom stereocenters. The van der Waals surface area contributed by atoms with Crippen LogP contribution in [0, 0.1) is 11.6 Å². The monoisotopic (exact) mass is 399 g/mol. The Morgan fingerprint density at radius 3 is 2.59 bits per heavy atom. The normalized spacial score (nSPS) is 10.7. The molecule has 0 saturated carbocycles. The summed E-state index contributed by atoms with van der Waals surface area (Å²) in [5.74, 6) is -1.97. The van der Waals surface area contributed by atoms with Crippen LogP contribution in [0.4, 0.5) is 19.3 Å². The van der Waals surface area contributed by atoms with E-state index >= 15 is 0 Å². The molecule has 0 unspecified atom stereocenters. The van der Waals surface area contributed by atoms with Gasteiger partial charge in [-0.1, -0.05) is 30.3 Å². The summed E-state index contributed by atoms with van der Waals surface area (Å²) in [5, 5.41) is 2.62. The third-order valence-electron chi connectivity index (χ3n) is 4.50. The van der Waals surface area contributed by atoms with Gasteiger partial charge in [-0.15, -0.1) is 0 Å². The summed E-state index contributed by atoms with van der Waals surface area (Å²) in [5.41, 5.74) is 2.29. The Bertz CT molecular complexity index is 944. The third-order valence-corrected chi connectivity index (χ3v) is 4.50. The largest absolute Gasteiger partial charge is 0.383 e. The van der Waals surface area contributed by atoms with E-state index in [4.69, 9.17) is 4.74 Å². The van der Waals surface area contributed by atoms with Crippen molar-refractivity contribution in [2.75, 3.05) is 25.6 Å². The van der Waals surface area contributed by atoms with Gasteiger partial charge in [-0.3, -0.25) is 0 Å². The molecule has 7 heteroatoms. The maximum absolute atomic E-state index is 13.4. The molecular weight excluding hydrogens is 376 g/mol. The van der Waals surface area contributed by atoms with E-state index in [9.17, 15) is 13.6 Å². The minimum Gasteiger partial charge on any atom is -0.383 e. The van der Waals surface area contributed by atoms with Gasteiger partial charge in [0.1, 0.15) is 0 Å². The topological polar surface area (TPSA) is 46.5 Å². The number of aromatic nitrogens is 1. The molecule has 2 aromatic carbocycles. The second kappa shape index (κ2) is 9.84. The highest BCUT2D eigenvalue weighted by Gasteiger charge is 2.17. The molecule has 0 bridgehead atoms. The summed E-state index contributed by atoms with van der Waals surface area (Å²) in [6, 6.07) is 16.8. The Kier molecular flexibility index (Phi) is 6.97. The fraction of sp³-hybridized carbons (Fsp3) is 0.227. The SMILES string of the molecule is COCCN(Cc1cccn1Cc1ccccc1)C(=O)Nc1ccc(F)c(F)c1. The second-order valence-electron chi connectivity index (χ2n) is 6.59. The number of amides is 2. The van der Waals surface area contributed by atoms with Crippen LogP contribution in [-0.2, 0) is 17.8 Å². The van der Waals surface area contributed by atoms with E-state index in [1.165, 1.54) is 6.07 Å². The smallest absolute Gasteiger partial charge is 0.322 e. The van der Waals surface area contributed by atoms with E-state index in [0.29, 0.717) is 26.2 Å². The van der Waals surface area contributed by atoms with E-state index in [1.807, 2.05) is 48.7 Å². The van der Waals surface area contributed by atoms with E-state index in [2.05, 4.69) is 9.88 Å². The number of halogens is 2. The maximum atomic E-state index is 13.4. The molecule has 29 heavy (non-hydrogen) atoms. The lowest BCUT2D eigenvalue weighted by Gasteiger charge is -2.24. The summed E-state index contributed by atoms with van der Waals surface area (Å²) < 4.78 is 33.7. The van der Waals surface area contributed by atoms with Crippen LogP contribution >= 0.6 is 0 Å². The number of carbonyl (C=O) groups excluding carboxylic acids is 1. The Labute approximate surface area is 168 Å². The van der Waals surface area contributed by atoms with Gasteiger partial charge in [-0.25, -0.2) is 13.6 Å². The van der Waals surface area contributed by atoms with Crippen molar-refractivity contribution in [2.24, 2.45) is 0 Å². The highest BCUT2D eigenvalue weighted by Crippen LogP contribution is 2.15. The Hall–Kier alpha value is -3.19. The van der Waals surface area contributed by atoms with E-state index in [-0.39, 0.29) is 5.69 Å². The summed E-state index contributed by atoms with van der Waals surface area (Å²) in [6.45, 7) is 1.73. The minimum absolute atomic E-state index is 0.191. The van der Waals surface area contributed by atoms with Gasteiger partial charge >= 0.3 is 6.03 Å². The number of nitrogens with zero attached hydrogens (tertiary/aromatic N) is 2. The van der Waals surface area contributed by atoms with Crippen LogP contribution in [0.2, 0.25) is 0 Å². The van der Waals surface area contributed by atoms with E-state index in [0.717, 1.165) is 23.4 Å². The zero-order chi connectivity index (χ0) is 20.6. The fourth-order valence-corrected chi connectivity index (χ4v) is 2.95. The number of carbonyl (C=O) groups is 1. The predicted octanol–water partition coefficient (Wildman–Crippen LogP) is 4.50. The fourth-order valence-electron chi connectivity index (χ4n) is 2.95. The van der Waals surface area contributed by atoms with Crippen LogP contribution < -0.4 is 5.32 Å². The van der Waals surface area contributed by atoms with Crippen LogP contribution in [0.25, 0.3) is 0 Å². The molecule has 5 nitrogen and oxygen atoms in total. The first-order valence-electron chi connectivity index (χ1n) is 9.24. The molecule has 1 N–H and O–H groups in total. The summed E-state index contributed by atoms with van der Waals surface area (Å²) >= 11 is 0. The number of urea groups is 1. The third kappa shape index (κ3) is 5.65. The van der Waals surface area contributed by atoms with Crippen molar-refractivity contribution < 1.29 is 18.3 Å². The van der Waals surface area contributed by atoms with Crippen LogP contribution in [0.15, 0.2) is 66.9 Å². The molecule has 152 valence electrons. The van der Waals surface area contributed by atoms with Crippen LogP contribution in [0.1, 0.15) is 11.3 Å². The molecule has 0 aliphatic heterocycles. The molecule has 1 heterocycles. The summed E-state index contributed by atoms with van der Waals surface area (Å²) in [6.07, 6.45) is 1.96. The molecule has 0 radical (unpaired) electrons. The van der Waals surface area contributed by atoms with E-state index < -0.39 is 17.7 Å². The number of rotatable bonds is 8. The van der Waals surface area contributed by atoms with Crippen LogP contribution in [-0.4, -0.2) is 35.8 Å². The zero-order valence-electron chi connectivity index (χ0n) is 16.1. The van der Waals surface area contributed by atoms with Crippen molar-refractivity contribution in [3.05, 3.63) is 89.8 Å². The average Bonchev–Trinajstić information content (AvgIpc) is 3.15. The molecule has 1 aromatic heterocycles. The zero-order valence-corrected chi connectivity index (χ0v) is 16.1. The molecule has 0 fully saturated rings. The summed E-state index contributed by atoms with van der Waals surface area (Å²) in [7, 11) is 1.56. The number of hydrogen-bond donors (Lipinski definition) is 1. The second-order valence-corrected chi connectivity index (χ2v) is 6.59. The number of benzene rings is 2. The van der Waals surface area contributed by atoms with Crippen molar-refractivity contribution in [2.45, 2.75) is 13.1 Å². The lowest BCUT2D eigenvalue weighted by Crippen LogP contribution is -2.37. The molecule has 0 aliphatic carbocycles. The van der Waals surface area contributed by atoms with Crippen molar-refractivity contribution in [1.29, 1.82) is 0 Å². The van der Waals surface area contributed by atoms with Gasteiger partial charge < -0.3 is 19.5 Å². The molecular formula is C22H23F2N3O2. The molecule has 0 aliphatic rings. The Balaban J connectivity index is 1.73. The van der Waals surface area contributed by atoms with Gasteiger partial charge in [0.25, 0.3) is 0 Å². The van der Waals surface area contributed by atoms with Crippen molar-refractivity contribution in [1.82, 2.24) is 9.47 Å². The lowest BCUT2D eigenvalue weighted by atomic mass is 10.2. The first-order valence-corrected chi connectivity index (χ1v) is 9.24. The number of ether oxygens (including phenoxy) is 1. The molecule has 3 aromatic rings. The first kappa shape index (κ1) is 20.5. The number of nitrogens with one attached hydrogen (secondary N) is 1. The van der Waals surface area contributed by atoms with Gasteiger partial charge in [0.15, 0.2) is 11.6 Å². The lowest BCUT2D eigenvalue weighted by molar-refractivity contribution is 0.152. The van der Waals surface area contributed by atoms with Gasteiger partial charge in [0.05, 0.1) is 13.2 Å². The molecule has 3 rings (SSSR count). The van der Waals surface area contributed by atoms with Gasteiger partial charge in [0.2, 0.25) is 0 Å².